The van der Waals surface area contributed by atoms with Gasteiger partial charge in [0, 0.05) is 13.8 Å². The molecule has 0 aromatic rings. The van der Waals surface area contributed by atoms with Crippen molar-refractivity contribution in [2.24, 2.45) is 0 Å². The van der Waals surface area contributed by atoms with Crippen LogP contribution in [0, 0.1) is 0 Å². The zero-order chi connectivity index (χ0) is 11.6. The maximum Gasteiger partial charge on any atom is 0.303 e. The molecule has 0 aromatic heterocycles. The molecule has 4 atom stereocenters. The van der Waals surface area contributed by atoms with Crippen LogP contribution < -0.4 is 0 Å². The van der Waals surface area contributed by atoms with E-state index in [1.165, 1.54) is 13.8 Å². The van der Waals surface area contributed by atoms with Crippen molar-refractivity contribution in [2.75, 3.05) is 0 Å². The average molecular weight is 218 g/mol. The zero-order valence-electron chi connectivity index (χ0n) is 8.80. The van der Waals surface area contributed by atoms with Crippen molar-refractivity contribution in [1.29, 1.82) is 0 Å². The first-order chi connectivity index (χ1) is 6.91. The molecule has 0 saturated carbocycles. The Labute approximate surface area is 87.1 Å². The fourth-order valence-corrected chi connectivity index (χ4v) is 1.48. The van der Waals surface area contributed by atoms with Gasteiger partial charge in [-0.25, -0.2) is 0 Å². The van der Waals surface area contributed by atoms with Gasteiger partial charge in [-0.15, -0.1) is 0 Å². The number of carbonyl (C=O) groups is 2. The molecule has 1 aliphatic rings. The number of hydrogen-bond donors (Lipinski definition) is 1. The highest BCUT2D eigenvalue weighted by Gasteiger charge is 2.46. The van der Waals surface area contributed by atoms with Gasteiger partial charge in [0.1, 0.15) is 0 Å². The second-order valence-corrected chi connectivity index (χ2v) is 3.38. The molecule has 6 heteroatoms. The second-order valence-electron chi connectivity index (χ2n) is 3.38. The summed E-state index contributed by atoms with van der Waals surface area (Å²) in [7, 11) is 0. The first-order valence-corrected chi connectivity index (χ1v) is 4.59. The number of rotatable bonds is 2. The molecule has 0 spiro atoms. The van der Waals surface area contributed by atoms with Gasteiger partial charge < -0.3 is 19.3 Å². The van der Waals surface area contributed by atoms with E-state index < -0.39 is 36.5 Å². The lowest BCUT2D eigenvalue weighted by molar-refractivity contribution is -0.174. The fourth-order valence-electron chi connectivity index (χ4n) is 1.48. The molecule has 0 bridgehead atoms. The van der Waals surface area contributed by atoms with Gasteiger partial charge in [-0.3, -0.25) is 9.59 Å². The number of carbonyl (C=O) groups excluding carboxylic acids is 2. The zero-order valence-corrected chi connectivity index (χ0v) is 8.80. The van der Waals surface area contributed by atoms with E-state index in [9.17, 15) is 14.7 Å². The van der Waals surface area contributed by atoms with Crippen molar-refractivity contribution in [2.45, 2.75) is 45.4 Å². The number of aliphatic hydroxyl groups is 1. The third-order valence-electron chi connectivity index (χ3n) is 2.03. The van der Waals surface area contributed by atoms with Crippen LogP contribution in [0.25, 0.3) is 0 Å². The fraction of sp³-hybridized carbons (Fsp3) is 0.778. The van der Waals surface area contributed by atoms with E-state index in [-0.39, 0.29) is 0 Å². The molecular formula is C9H14O6. The summed E-state index contributed by atoms with van der Waals surface area (Å²) < 4.78 is 14.7. The maximum absolute atomic E-state index is 10.8. The first kappa shape index (κ1) is 11.9. The molecule has 2 unspecified atom stereocenters. The van der Waals surface area contributed by atoms with E-state index in [1.807, 2.05) is 0 Å². The standard InChI is InChI=1S/C9H14O6/c1-4-7(14-5(2)10)8(9(12)13-4)15-6(3)11/h4,7-9,12H,1-3H3/t4-,7+,8?,9?/m1/s1. The molecule has 1 aliphatic heterocycles. The minimum absolute atomic E-state index is 0.506. The summed E-state index contributed by atoms with van der Waals surface area (Å²) in [6.45, 7) is 4.07. The third kappa shape index (κ3) is 2.90. The van der Waals surface area contributed by atoms with Crippen LogP contribution in [0.1, 0.15) is 20.8 Å². The SMILES string of the molecule is CC(=O)OC1C(O)O[C@H](C)[C@@H]1OC(C)=O. The minimum Gasteiger partial charge on any atom is -0.456 e. The Balaban J connectivity index is 2.70. The maximum atomic E-state index is 10.8. The van der Waals surface area contributed by atoms with Crippen molar-refractivity contribution in [3.05, 3.63) is 0 Å². The summed E-state index contributed by atoms with van der Waals surface area (Å²) in [5.74, 6) is -1.07. The number of esters is 2. The van der Waals surface area contributed by atoms with Crippen LogP contribution in [0.3, 0.4) is 0 Å². The molecule has 1 heterocycles. The Bertz CT molecular complexity index is 237. The van der Waals surface area contributed by atoms with E-state index in [4.69, 9.17) is 14.2 Å². The molecule has 15 heavy (non-hydrogen) atoms. The summed E-state index contributed by atoms with van der Waals surface area (Å²) in [4.78, 5) is 21.5. The van der Waals surface area contributed by atoms with Crippen LogP contribution in [0.2, 0.25) is 0 Å². The van der Waals surface area contributed by atoms with E-state index in [0.717, 1.165) is 0 Å². The highest BCUT2D eigenvalue weighted by molar-refractivity contribution is 5.67. The van der Waals surface area contributed by atoms with Gasteiger partial charge in [-0.05, 0) is 6.92 Å². The van der Waals surface area contributed by atoms with Crippen LogP contribution in [-0.4, -0.2) is 41.6 Å². The monoisotopic (exact) mass is 218 g/mol. The summed E-state index contributed by atoms with van der Waals surface area (Å²) in [5.41, 5.74) is 0. The van der Waals surface area contributed by atoms with Gasteiger partial charge >= 0.3 is 11.9 Å². The Morgan fingerprint density at radius 1 is 1.13 bits per heavy atom. The van der Waals surface area contributed by atoms with Crippen molar-refractivity contribution in [3.8, 4) is 0 Å². The van der Waals surface area contributed by atoms with E-state index in [0.29, 0.717) is 0 Å². The topological polar surface area (TPSA) is 82.1 Å². The van der Waals surface area contributed by atoms with Crippen molar-refractivity contribution in [1.82, 2.24) is 0 Å². The molecular weight excluding hydrogens is 204 g/mol. The van der Waals surface area contributed by atoms with E-state index >= 15 is 0 Å². The first-order valence-electron chi connectivity index (χ1n) is 4.59. The van der Waals surface area contributed by atoms with Gasteiger partial charge in [-0.2, -0.15) is 0 Å². The van der Waals surface area contributed by atoms with Crippen LogP contribution in [0.15, 0.2) is 0 Å². The molecule has 0 radical (unpaired) electrons. The summed E-state index contributed by atoms with van der Waals surface area (Å²) in [6.07, 6.45) is -3.48. The molecule has 0 aromatic carbocycles. The predicted octanol–water partition coefficient (Wildman–Crippen LogP) is -0.413. The third-order valence-corrected chi connectivity index (χ3v) is 2.03. The number of ether oxygens (including phenoxy) is 3. The quantitative estimate of drug-likeness (QED) is 0.634. The molecule has 6 nitrogen and oxygen atoms in total. The summed E-state index contributed by atoms with van der Waals surface area (Å²) >= 11 is 0. The Kier molecular flexibility index (Phi) is 3.65. The molecule has 0 amide bonds. The van der Waals surface area contributed by atoms with Gasteiger partial charge in [0.15, 0.2) is 18.5 Å². The average Bonchev–Trinajstić information content (AvgIpc) is 2.30. The van der Waals surface area contributed by atoms with Gasteiger partial charge in [0.25, 0.3) is 0 Å². The lowest BCUT2D eigenvalue weighted by atomic mass is 10.1. The molecule has 1 fully saturated rings. The Morgan fingerprint density at radius 3 is 2.07 bits per heavy atom. The van der Waals surface area contributed by atoms with Gasteiger partial charge in [-0.1, -0.05) is 0 Å². The van der Waals surface area contributed by atoms with Crippen molar-refractivity contribution < 1.29 is 28.9 Å². The lowest BCUT2D eigenvalue weighted by Crippen LogP contribution is -2.39. The summed E-state index contributed by atoms with van der Waals surface area (Å²) in [6, 6.07) is 0. The van der Waals surface area contributed by atoms with Crippen LogP contribution >= 0.6 is 0 Å². The normalized spacial score (nSPS) is 34.9. The summed E-state index contributed by atoms with van der Waals surface area (Å²) in [5, 5.41) is 9.40. The van der Waals surface area contributed by atoms with Crippen LogP contribution in [0.4, 0.5) is 0 Å². The Morgan fingerprint density at radius 2 is 1.60 bits per heavy atom. The molecule has 86 valence electrons. The van der Waals surface area contributed by atoms with E-state index in [2.05, 4.69) is 0 Å². The Hall–Kier alpha value is -1.14. The minimum atomic E-state index is -1.26. The van der Waals surface area contributed by atoms with Gasteiger partial charge in [0.2, 0.25) is 0 Å². The van der Waals surface area contributed by atoms with Crippen LogP contribution in [-0.2, 0) is 23.8 Å². The highest BCUT2D eigenvalue weighted by Crippen LogP contribution is 2.25. The van der Waals surface area contributed by atoms with Crippen molar-refractivity contribution in [3.63, 3.8) is 0 Å². The van der Waals surface area contributed by atoms with Gasteiger partial charge in [0.05, 0.1) is 6.10 Å². The molecule has 1 rings (SSSR count). The smallest absolute Gasteiger partial charge is 0.303 e. The molecule has 1 saturated heterocycles. The molecule has 1 N–H and O–H groups in total. The predicted molar refractivity (Wildman–Crippen MR) is 47.7 cm³/mol. The van der Waals surface area contributed by atoms with Crippen molar-refractivity contribution >= 4 is 11.9 Å². The number of aliphatic hydroxyl groups excluding tert-OH is 1. The highest BCUT2D eigenvalue weighted by atomic mass is 16.7. The molecule has 0 aliphatic carbocycles. The second kappa shape index (κ2) is 4.59. The number of hydrogen-bond acceptors (Lipinski definition) is 6. The van der Waals surface area contributed by atoms with E-state index in [1.54, 1.807) is 6.92 Å². The largest absolute Gasteiger partial charge is 0.456 e. The van der Waals surface area contributed by atoms with Crippen LogP contribution in [0.5, 0.6) is 0 Å². The lowest BCUT2D eigenvalue weighted by Gasteiger charge is -2.20.